The van der Waals surface area contributed by atoms with E-state index in [1.54, 1.807) is 0 Å². The van der Waals surface area contributed by atoms with Crippen molar-refractivity contribution in [3.63, 3.8) is 0 Å². The summed E-state index contributed by atoms with van der Waals surface area (Å²) >= 11 is 20.0. The molecule has 2 fully saturated rings. The summed E-state index contributed by atoms with van der Waals surface area (Å²) in [7, 11) is -5.69. The first-order valence-corrected chi connectivity index (χ1v) is 15.6. The molecule has 2 aliphatic rings. The molecule has 2 rings (SSSR count). The van der Waals surface area contributed by atoms with Crippen LogP contribution in [-0.2, 0) is 44.9 Å². The van der Waals surface area contributed by atoms with E-state index < -0.39 is 19.7 Å². The van der Waals surface area contributed by atoms with Crippen molar-refractivity contribution in [2.24, 2.45) is 0 Å². The molecule has 176 valence electrons. The number of unbranched alkanes of at least 4 members (excludes halogenated alkanes) is 2. The Balaban J connectivity index is 0.000000562. The molecule has 2 saturated heterocycles. The predicted molar refractivity (Wildman–Crippen MR) is 143 cm³/mol. The molecule has 2 heterocycles. The number of hydrogen-bond acceptors (Lipinski definition) is 8. The Morgan fingerprint density at radius 3 is 1.32 bits per heavy atom. The summed E-state index contributed by atoms with van der Waals surface area (Å²) in [6.07, 6.45) is 5.48. The number of thiocarbonyl (C=S) groups is 2. The van der Waals surface area contributed by atoms with E-state index in [1.807, 2.05) is 9.80 Å². The molecule has 0 spiro atoms. The summed E-state index contributed by atoms with van der Waals surface area (Å²) in [4.78, 5) is 3.80. The van der Waals surface area contributed by atoms with E-state index in [1.165, 1.54) is 0 Å². The second-order valence-electron chi connectivity index (χ2n) is 7.74. The molecule has 0 aromatic rings. The van der Waals surface area contributed by atoms with E-state index in [2.05, 4.69) is 13.8 Å². The van der Waals surface area contributed by atoms with Crippen LogP contribution in [0.3, 0.4) is 0 Å². The second kappa shape index (κ2) is 15.4. The third-order valence-corrected chi connectivity index (χ3v) is 9.71. The van der Waals surface area contributed by atoms with Crippen LogP contribution in [0.4, 0.5) is 0 Å². The van der Waals surface area contributed by atoms with E-state index in [4.69, 9.17) is 49.7 Å². The van der Waals surface area contributed by atoms with Crippen LogP contribution in [-0.4, -0.2) is 121 Å². The van der Waals surface area contributed by atoms with Gasteiger partial charge in [0.2, 0.25) is 0 Å². The number of nitrogens with zero attached hydrogens (tertiary/aromatic N) is 2. The molecule has 13 heteroatoms. The minimum absolute atomic E-state index is 0. The van der Waals surface area contributed by atoms with Crippen molar-refractivity contribution in [3.8, 4) is 0 Å². The maximum Gasteiger partial charge on any atom is 2.00 e. The van der Waals surface area contributed by atoms with Crippen LogP contribution in [0.1, 0.15) is 52.4 Å². The van der Waals surface area contributed by atoms with Crippen LogP contribution in [0.2, 0.25) is 0 Å². The molecule has 0 N–H and O–H groups in total. The molecule has 0 saturated carbocycles. The predicted octanol–water partition coefficient (Wildman–Crippen LogP) is 1.83. The molecule has 31 heavy (non-hydrogen) atoms. The van der Waals surface area contributed by atoms with Crippen molar-refractivity contribution in [1.29, 1.82) is 0 Å². The van der Waals surface area contributed by atoms with Crippen LogP contribution in [0.15, 0.2) is 0 Å². The van der Waals surface area contributed by atoms with E-state index in [0.29, 0.717) is 21.5 Å². The zero-order chi connectivity index (χ0) is 22.9. The normalized spacial score (nSPS) is 23.2. The van der Waals surface area contributed by atoms with Gasteiger partial charge in [-0.25, -0.2) is 16.8 Å². The van der Waals surface area contributed by atoms with Crippen LogP contribution in [0, 0.1) is 0 Å². The Bertz CT molecular complexity index is 725. The van der Waals surface area contributed by atoms with Crippen LogP contribution < -0.4 is 0 Å². The minimum Gasteiger partial charge on any atom is -0.411 e. The van der Waals surface area contributed by atoms with Gasteiger partial charge in [0.15, 0.2) is 19.7 Å². The first kappa shape index (κ1) is 32.4. The summed E-state index contributed by atoms with van der Waals surface area (Å²) in [5, 5.41) is 0. The Kier molecular flexibility index (Phi) is 16.1. The zero-order valence-corrected chi connectivity index (χ0v) is 25.4. The largest absolute Gasteiger partial charge is 2.00 e. The van der Waals surface area contributed by atoms with Gasteiger partial charge in [-0.1, -0.05) is 35.3 Å². The van der Waals surface area contributed by atoms with E-state index in [0.717, 1.165) is 38.8 Å². The molecule has 0 aromatic heterocycles. The summed E-state index contributed by atoms with van der Waals surface area (Å²) in [6, 6.07) is 0.0399. The molecule has 0 radical (unpaired) electrons. The molecule has 2 unspecified atom stereocenters. The Labute approximate surface area is 240 Å². The van der Waals surface area contributed by atoms with Crippen molar-refractivity contribution in [1.82, 2.24) is 9.80 Å². The maximum atomic E-state index is 11.3. The smallest absolute Gasteiger partial charge is 0.411 e. The zero-order valence-electron chi connectivity index (χ0n) is 18.3. The van der Waals surface area contributed by atoms with Gasteiger partial charge in [-0.15, -0.1) is 0 Å². The van der Waals surface area contributed by atoms with Gasteiger partial charge in [0.1, 0.15) is 0 Å². The quantitative estimate of drug-likeness (QED) is 0.244. The van der Waals surface area contributed by atoms with Gasteiger partial charge in [-0.3, -0.25) is 0 Å². The molecule has 2 aliphatic heterocycles. The van der Waals surface area contributed by atoms with Crippen molar-refractivity contribution in [2.45, 2.75) is 64.5 Å². The first-order chi connectivity index (χ1) is 13.9. The van der Waals surface area contributed by atoms with Crippen molar-refractivity contribution in [2.75, 3.05) is 36.1 Å². The van der Waals surface area contributed by atoms with Crippen LogP contribution in [0.5, 0.6) is 0 Å². The fourth-order valence-electron chi connectivity index (χ4n) is 3.55. The second-order valence-corrected chi connectivity index (χ2v) is 14.3. The fourth-order valence-corrected chi connectivity index (χ4v) is 7.97. The van der Waals surface area contributed by atoms with E-state index in [-0.39, 0.29) is 72.8 Å². The molecule has 0 amide bonds. The topological polar surface area (TPSA) is 74.8 Å². The first-order valence-electron chi connectivity index (χ1n) is 10.3. The van der Waals surface area contributed by atoms with Gasteiger partial charge in [0.25, 0.3) is 0 Å². The molecule has 0 aromatic carbocycles. The standard InChI is InChI=1S/2C9H17NO2S3.Ca/c2*1-2-3-5-10(9(13)14)8-4-6-15(11,12)7-8;/h2*8H,2-7H2,1H3,(H,13,14);/q;;+2/p-2. The SMILES string of the molecule is CCCCN(C(=S)[S-])C1CCS(=O)(=O)C1.CCCCN(C(=S)[S-])C1CCS(=O)(=O)C1.[Ca+2]. The summed E-state index contributed by atoms with van der Waals surface area (Å²) in [6.45, 7) is 5.77. The van der Waals surface area contributed by atoms with Crippen molar-refractivity contribution in [3.05, 3.63) is 0 Å². The molecular weight excluding hydrogens is 541 g/mol. The Hall–Kier alpha value is 1.38. The van der Waals surface area contributed by atoms with Gasteiger partial charge in [0.05, 0.1) is 23.0 Å². The van der Waals surface area contributed by atoms with Gasteiger partial charge >= 0.3 is 37.7 Å². The van der Waals surface area contributed by atoms with Crippen molar-refractivity contribution >= 4 is 116 Å². The van der Waals surface area contributed by atoms with Crippen molar-refractivity contribution < 1.29 is 16.8 Å². The van der Waals surface area contributed by atoms with E-state index in [9.17, 15) is 16.8 Å². The number of rotatable bonds is 8. The molecule has 0 bridgehead atoms. The minimum atomic E-state index is -2.85. The van der Waals surface area contributed by atoms with E-state index >= 15 is 0 Å². The Morgan fingerprint density at radius 1 is 0.806 bits per heavy atom. The molecular formula is C18H32CaN2O4S6. The molecule has 0 aliphatic carbocycles. The number of sulfone groups is 2. The van der Waals surface area contributed by atoms with Crippen LogP contribution >= 0.6 is 24.4 Å². The van der Waals surface area contributed by atoms with Gasteiger partial charge in [-0.2, -0.15) is 0 Å². The average Bonchev–Trinajstić information content (AvgIpc) is 3.17. The molecule has 2 atom stereocenters. The van der Waals surface area contributed by atoms with Gasteiger partial charge < -0.3 is 59.5 Å². The van der Waals surface area contributed by atoms with Gasteiger partial charge in [-0.05, 0) is 25.7 Å². The van der Waals surface area contributed by atoms with Crippen LogP contribution in [0.25, 0.3) is 0 Å². The summed E-state index contributed by atoms with van der Waals surface area (Å²) in [5.74, 6) is 0.984. The third-order valence-electron chi connectivity index (χ3n) is 5.27. The fraction of sp³-hybridized carbons (Fsp3) is 0.889. The summed E-state index contributed by atoms with van der Waals surface area (Å²) in [5.41, 5.74) is 0. The Morgan fingerprint density at radius 2 is 1.13 bits per heavy atom. The number of hydrogen-bond donors (Lipinski definition) is 0. The molecule has 6 nitrogen and oxygen atoms in total. The average molecular weight is 573 g/mol. The van der Waals surface area contributed by atoms with Gasteiger partial charge in [0, 0.05) is 25.2 Å². The maximum absolute atomic E-state index is 11.3. The monoisotopic (exact) mass is 572 g/mol. The summed E-state index contributed by atoms with van der Waals surface area (Å²) < 4.78 is 46.2. The third kappa shape index (κ3) is 12.1.